The molecule has 3 heterocycles. The average molecular weight is 793 g/mol. The summed E-state index contributed by atoms with van der Waals surface area (Å²) in [7, 11) is 0. The van der Waals surface area contributed by atoms with Crippen LogP contribution in [0.5, 0.6) is 0 Å². The summed E-state index contributed by atoms with van der Waals surface area (Å²) < 4.78 is 29.7. The van der Waals surface area contributed by atoms with E-state index in [1.165, 1.54) is 10.8 Å². The van der Waals surface area contributed by atoms with E-state index in [1.54, 1.807) is 35.9 Å². The maximum Gasteiger partial charge on any atom is 0.363 e. The van der Waals surface area contributed by atoms with Crippen molar-refractivity contribution >= 4 is 29.7 Å². The molecule has 12 nitrogen and oxygen atoms in total. The lowest BCUT2D eigenvalue weighted by Gasteiger charge is -2.50. The number of carbonyl (C=O) groups is 1. The second-order valence-corrected chi connectivity index (χ2v) is 17.0. The van der Waals surface area contributed by atoms with Crippen LogP contribution in [0.3, 0.4) is 0 Å². The van der Waals surface area contributed by atoms with Crippen LogP contribution in [0.15, 0.2) is 131 Å². The van der Waals surface area contributed by atoms with Gasteiger partial charge in [0.2, 0.25) is 5.91 Å². The first-order valence-electron chi connectivity index (χ1n) is 18.5. The van der Waals surface area contributed by atoms with Gasteiger partial charge in [0.1, 0.15) is 0 Å². The van der Waals surface area contributed by atoms with Crippen molar-refractivity contribution in [3.63, 3.8) is 0 Å². The van der Waals surface area contributed by atoms with E-state index in [1.807, 2.05) is 54.6 Å². The van der Waals surface area contributed by atoms with Gasteiger partial charge < -0.3 is 14.6 Å². The SMILES string of the molecule is [C-]#[N+]c1cccc(C(=O)NC2CCN(P(=O)(Cl)OCC3CN(C(c4ccccc4)(c4ccccc4)c4ccccc4)CC(n4cc(C)c(=O)[nH]c4=O)O3)CC2)c1. The molecule has 2 saturated heterocycles. The predicted molar refractivity (Wildman–Crippen MR) is 215 cm³/mol. The normalized spacial score (nSPS) is 19.4. The molecular formula is C42H42ClN6O6P. The van der Waals surface area contributed by atoms with Crippen molar-refractivity contribution in [2.24, 2.45) is 0 Å². The highest BCUT2D eigenvalue weighted by molar-refractivity contribution is 7.83. The highest BCUT2D eigenvalue weighted by Crippen LogP contribution is 2.57. The number of H-pyrrole nitrogens is 1. The summed E-state index contributed by atoms with van der Waals surface area (Å²) >= 11 is 6.73. The first-order chi connectivity index (χ1) is 27.1. The van der Waals surface area contributed by atoms with Gasteiger partial charge in [-0.15, -0.1) is 0 Å². The van der Waals surface area contributed by atoms with E-state index >= 15 is 0 Å². The van der Waals surface area contributed by atoms with Crippen molar-refractivity contribution in [3.05, 3.63) is 182 Å². The van der Waals surface area contributed by atoms with Crippen molar-refractivity contribution in [3.8, 4) is 0 Å². The van der Waals surface area contributed by atoms with Crippen molar-refractivity contribution in [1.82, 2.24) is 24.4 Å². The highest BCUT2D eigenvalue weighted by Gasteiger charge is 2.47. The van der Waals surface area contributed by atoms with Gasteiger partial charge in [-0.1, -0.05) is 109 Å². The third-order valence-electron chi connectivity index (χ3n) is 10.5. The molecule has 1 amide bonds. The number of nitrogens with zero attached hydrogens (tertiary/aromatic N) is 4. The molecule has 2 N–H and O–H groups in total. The molecule has 1 aromatic heterocycles. The fourth-order valence-corrected chi connectivity index (χ4v) is 9.56. The lowest BCUT2D eigenvalue weighted by Crippen LogP contribution is -2.58. The Labute approximate surface area is 329 Å². The van der Waals surface area contributed by atoms with Gasteiger partial charge in [0.25, 0.3) is 5.56 Å². The van der Waals surface area contributed by atoms with Crippen LogP contribution in [0.25, 0.3) is 4.85 Å². The number of hydrogen-bond acceptors (Lipinski definition) is 7. The molecule has 56 heavy (non-hydrogen) atoms. The highest BCUT2D eigenvalue weighted by atomic mass is 35.7. The topological polar surface area (TPSA) is 130 Å². The Morgan fingerprint density at radius 2 is 1.52 bits per heavy atom. The van der Waals surface area contributed by atoms with Gasteiger partial charge >= 0.3 is 12.6 Å². The Morgan fingerprint density at radius 1 is 0.929 bits per heavy atom. The zero-order chi connectivity index (χ0) is 39.3. The van der Waals surface area contributed by atoms with Crippen LogP contribution in [0.2, 0.25) is 0 Å². The van der Waals surface area contributed by atoms with Gasteiger partial charge in [-0.25, -0.2) is 14.3 Å². The molecule has 0 aliphatic carbocycles. The summed E-state index contributed by atoms with van der Waals surface area (Å²) in [5, 5.41) is 3.02. The van der Waals surface area contributed by atoms with Crippen LogP contribution >= 0.6 is 18.1 Å². The zero-order valence-electron chi connectivity index (χ0n) is 30.8. The van der Waals surface area contributed by atoms with Gasteiger partial charge in [0.15, 0.2) is 11.9 Å². The molecule has 2 aliphatic rings. The minimum atomic E-state index is -3.87. The fraction of sp³-hybridized carbons (Fsp3) is 0.286. The van der Waals surface area contributed by atoms with Crippen LogP contribution in [0, 0.1) is 13.5 Å². The number of carbonyl (C=O) groups excluding carboxylic acids is 1. The first kappa shape index (κ1) is 39.1. The van der Waals surface area contributed by atoms with E-state index in [2.05, 4.69) is 56.4 Å². The Bertz CT molecular complexity index is 2270. The molecule has 2 aliphatic heterocycles. The van der Waals surface area contributed by atoms with E-state index in [0.29, 0.717) is 49.3 Å². The average Bonchev–Trinajstić information content (AvgIpc) is 3.23. The van der Waals surface area contributed by atoms with Crippen molar-refractivity contribution in [1.29, 1.82) is 0 Å². The quantitative estimate of drug-likeness (QED) is 0.0845. The lowest BCUT2D eigenvalue weighted by atomic mass is 9.75. The van der Waals surface area contributed by atoms with E-state index in [0.717, 1.165) is 16.7 Å². The molecule has 0 bridgehead atoms. The second kappa shape index (κ2) is 16.9. The molecule has 5 aromatic rings. The molecule has 7 rings (SSSR count). The maximum absolute atomic E-state index is 14.1. The van der Waals surface area contributed by atoms with Gasteiger partial charge in [0, 0.05) is 49.5 Å². The Balaban J connectivity index is 1.16. The number of morpholine rings is 1. The first-order valence-corrected chi connectivity index (χ1v) is 20.9. The third kappa shape index (κ3) is 8.20. The smallest absolute Gasteiger partial charge is 0.350 e. The fourth-order valence-electron chi connectivity index (χ4n) is 7.71. The van der Waals surface area contributed by atoms with Gasteiger partial charge in [-0.2, -0.15) is 0 Å². The number of ether oxygens (including phenoxy) is 1. The number of rotatable bonds is 11. The number of piperidine rings is 1. The third-order valence-corrected chi connectivity index (χ3v) is 12.9. The number of benzene rings is 4. The van der Waals surface area contributed by atoms with Gasteiger partial charge in [-0.05, 0) is 53.8 Å². The number of aryl methyl sites for hydroxylation is 1. The molecule has 3 atom stereocenters. The van der Waals surface area contributed by atoms with Crippen LogP contribution < -0.4 is 16.6 Å². The van der Waals surface area contributed by atoms with Gasteiger partial charge in [-0.3, -0.25) is 28.6 Å². The molecule has 0 spiro atoms. The number of aromatic nitrogens is 2. The molecule has 4 aromatic carbocycles. The van der Waals surface area contributed by atoms with E-state index < -0.39 is 36.0 Å². The molecular weight excluding hydrogens is 751 g/mol. The number of aromatic amines is 1. The van der Waals surface area contributed by atoms with Crippen molar-refractivity contribution < 1.29 is 18.6 Å². The molecule has 0 radical (unpaired) electrons. The predicted octanol–water partition coefficient (Wildman–Crippen LogP) is 6.85. The van der Waals surface area contributed by atoms with E-state index in [9.17, 15) is 18.9 Å². The minimum absolute atomic E-state index is 0.159. The van der Waals surface area contributed by atoms with Crippen LogP contribution in [-0.4, -0.2) is 70.0 Å². The minimum Gasteiger partial charge on any atom is -0.350 e. The van der Waals surface area contributed by atoms with E-state index in [-0.39, 0.29) is 25.1 Å². The Kier molecular flexibility index (Phi) is 11.8. The van der Waals surface area contributed by atoms with Crippen molar-refractivity contribution in [2.45, 2.75) is 43.7 Å². The van der Waals surface area contributed by atoms with Gasteiger partial charge in [0.05, 0.1) is 24.8 Å². The molecule has 288 valence electrons. The molecule has 14 heteroatoms. The summed E-state index contributed by atoms with van der Waals surface area (Å²) in [5.74, 6) is -0.276. The Morgan fingerprint density at radius 3 is 2.09 bits per heavy atom. The summed E-state index contributed by atoms with van der Waals surface area (Å²) in [6.45, 7) is 6.00. The number of amides is 1. The number of hydrogen-bond donors (Lipinski definition) is 2. The standard InChI is InChI=1S/C42H42ClN6O6P/c1-30-26-49(41(52)46-39(30)50)38-28-47(42(32-14-6-3-7-15-32,33-16-8-4-9-17-33)34-18-10-5-11-19-34)27-37(55-38)29-54-56(43,53)48-23-21-35(22-24-48)45-40(51)31-13-12-20-36(25-31)44-2/h3-20,25-26,35,37-38H,21-24,27-29H2,1H3,(H,45,51)(H,46,50,52). The van der Waals surface area contributed by atoms with Crippen LogP contribution in [-0.2, 0) is 19.4 Å². The lowest BCUT2D eigenvalue weighted by molar-refractivity contribution is -0.148. The molecule has 0 saturated carbocycles. The number of halogens is 1. The number of nitrogens with one attached hydrogen (secondary N) is 2. The monoisotopic (exact) mass is 792 g/mol. The second-order valence-electron chi connectivity index (χ2n) is 14.0. The molecule has 3 unspecified atom stereocenters. The summed E-state index contributed by atoms with van der Waals surface area (Å²) in [5.41, 5.74) is 2.12. The zero-order valence-corrected chi connectivity index (χ0v) is 32.4. The van der Waals surface area contributed by atoms with Crippen LogP contribution in [0.1, 0.15) is 51.7 Å². The molecule has 2 fully saturated rings. The summed E-state index contributed by atoms with van der Waals surface area (Å²) in [6.07, 6.45) is 0.886. The van der Waals surface area contributed by atoms with Crippen LogP contribution in [0.4, 0.5) is 5.69 Å². The summed E-state index contributed by atoms with van der Waals surface area (Å²) in [4.78, 5) is 46.7. The van der Waals surface area contributed by atoms with Crippen molar-refractivity contribution in [2.75, 3.05) is 32.8 Å². The largest absolute Gasteiger partial charge is 0.363 e. The maximum atomic E-state index is 14.1. The summed E-state index contributed by atoms with van der Waals surface area (Å²) in [6, 6.07) is 36.7. The van der Waals surface area contributed by atoms with E-state index in [4.69, 9.17) is 27.1 Å². The Hall–Kier alpha value is -5.12.